The van der Waals surface area contributed by atoms with Crippen molar-refractivity contribution < 1.29 is 17.9 Å². The van der Waals surface area contributed by atoms with E-state index >= 15 is 0 Å². The predicted octanol–water partition coefficient (Wildman–Crippen LogP) is 0.965. The fourth-order valence-corrected chi connectivity index (χ4v) is 5.68. The van der Waals surface area contributed by atoms with Gasteiger partial charge in [-0.05, 0) is 37.5 Å². The molecule has 3 rings (SSSR count). The molecule has 8 heteroatoms. The highest BCUT2D eigenvalue weighted by atomic mass is 32.2. The van der Waals surface area contributed by atoms with E-state index in [0.717, 1.165) is 58.3 Å². The maximum atomic E-state index is 12.5. The second kappa shape index (κ2) is 6.80. The van der Waals surface area contributed by atoms with Gasteiger partial charge >= 0.3 is 6.03 Å². The number of carbonyl (C=O) groups is 1. The van der Waals surface area contributed by atoms with Gasteiger partial charge in [-0.25, -0.2) is 13.2 Å². The van der Waals surface area contributed by atoms with Gasteiger partial charge in [0.25, 0.3) is 0 Å². The summed E-state index contributed by atoms with van der Waals surface area (Å²) in [6, 6.07) is 0.0830. The molecule has 0 saturated carbocycles. The molecule has 24 heavy (non-hydrogen) atoms. The summed E-state index contributed by atoms with van der Waals surface area (Å²) in [7, 11) is -1.61. The van der Waals surface area contributed by atoms with Crippen molar-refractivity contribution in [1.82, 2.24) is 14.1 Å². The minimum absolute atomic E-state index is 0.00589. The van der Waals surface area contributed by atoms with Gasteiger partial charge in [0.05, 0.1) is 12.9 Å². The molecular formula is C16H29N3O4S. The second-order valence-corrected chi connectivity index (χ2v) is 9.52. The molecule has 0 bridgehead atoms. The zero-order chi connectivity index (χ0) is 17.4. The summed E-state index contributed by atoms with van der Waals surface area (Å²) in [5, 5.41) is 0. The molecule has 2 amide bonds. The first kappa shape index (κ1) is 17.9. The third kappa shape index (κ3) is 3.55. The van der Waals surface area contributed by atoms with E-state index in [9.17, 15) is 13.2 Å². The lowest BCUT2D eigenvalue weighted by Crippen LogP contribution is -2.49. The molecule has 0 aliphatic carbocycles. The van der Waals surface area contributed by atoms with Crippen molar-refractivity contribution >= 4 is 16.1 Å². The first-order valence-electron chi connectivity index (χ1n) is 8.84. The normalized spacial score (nSPS) is 28.0. The summed E-state index contributed by atoms with van der Waals surface area (Å²) in [4.78, 5) is 16.4. The van der Waals surface area contributed by atoms with E-state index in [4.69, 9.17) is 4.74 Å². The van der Waals surface area contributed by atoms with Crippen LogP contribution in [0.5, 0.6) is 0 Å². The predicted molar refractivity (Wildman–Crippen MR) is 91.3 cm³/mol. The van der Waals surface area contributed by atoms with Crippen molar-refractivity contribution in [3.8, 4) is 0 Å². The summed E-state index contributed by atoms with van der Waals surface area (Å²) >= 11 is 0. The van der Waals surface area contributed by atoms with Crippen LogP contribution in [0.1, 0.15) is 32.1 Å². The topological polar surface area (TPSA) is 70.2 Å². The van der Waals surface area contributed by atoms with Crippen LogP contribution < -0.4 is 0 Å². The van der Waals surface area contributed by atoms with Crippen LogP contribution in [0.4, 0.5) is 4.79 Å². The van der Waals surface area contributed by atoms with Gasteiger partial charge in [-0.2, -0.15) is 4.31 Å². The van der Waals surface area contributed by atoms with Crippen molar-refractivity contribution in [3.05, 3.63) is 0 Å². The molecule has 0 N–H and O–H groups in total. The molecule has 0 unspecified atom stereocenters. The molecule has 0 aromatic heterocycles. The van der Waals surface area contributed by atoms with Crippen molar-refractivity contribution in [1.29, 1.82) is 0 Å². The summed E-state index contributed by atoms with van der Waals surface area (Å²) in [6.07, 6.45) is 6.06. The number of sulfonamides is 1. The van der Waals surface area contributed by atoms with Crippen LogP contribution in [0.15, 0.2) is 0 Å². The zero-order valence-electron chi connectivity index (χ0n) is 14.7. The molecule has 7 nitrogen and oxygen atoms in total. The van der Waals surface area contributed by atoms with Gasteiger partial charge in [-0.15, -0.1) is 0 Å². The Hall–Kier alpha value is -0.860. The lowest BCUT2D eigenvalue weighted by molar-refractivity contribution is 0.104. The Balaban J connectivity index is 1.63. The first-order valence-corrected chi connectivity index (χ1v) is 10.7. The lowest BCUT2D eigenvalue weighted by atomic mass is 9.76. The van der Waals surface area contributed by atoms with Crippen molar-refractivity contribution in [2.75, 3.05) is 52.7 Å². The molecule has 0 radical (unpaired) electrons. The minimum Gasteiger partial charge on any atom is -0.383 e. The molecular weight excluding hydrogens is 330 g/mol. The van der Waals surface area contributed by atoms with E-state index in [2.05, 4.69) is 0 Å². The Morgan fingerprint density at radius 1 is 1.12 bits per heavy atom. The number of ether oxygens (including phenoxy) is 1. The number of urea groups is 1. The number of hydrogen-bond acceptors (Lipinski definition) is 4. The highest BCUT2D eigenvalue weighted by molar-refractivity contribution is 7.88. The van der Waals surface area contributed by atoms with Gasteiger partial charge in [0.1, 0.15) is 0 Å². The van der Waals surface area contributed by atoms with Gasteiger partial charge < -0.3 is 14.5 Å². The maximum absolute atomic E-state index is 12.5. The number of methoxy groups -OCH3 is 1. The SMILES string of the molecule is COC[C@@H]1CC2(CCN(C(=O)N3CCCC3)CC2)CN1S(C)(=O)=O. The van der Waals surface area contributed by atoms with Crippen LogP contribution in [-0.2, 0) is 14.8 Å². The summed E-state index contributed by atoms with van der Waals surface area (Å²) < 4.78 is 31.0. The molecule has 1 spiro atoms. The average Bonchev–Trinajstić information content (AvgIpc) is 3.16. The smallest absolute Gasteiger partial charge is 0.319 e. The minimum atomic E-state index is -3.23. The largest absolute Gasteiger partial charge is 0.383 e. The van der Waals surface area contributed by atoms with Crippen LogP contribution in [0, 0.1) is 5.41 Å². The molecule has 3 fully saturated rings. The number of likely N-dealkylation sites (tertiary alicyclic amines) is 2. The van der Waals surface area contributed by atoms with Gasteiger partial charge in [0.2, 0.25) is 10.0 Å². The summed E-state index contributed by atoms with van der Waals surface area (Å²) in [6.45, 7) is 4.20. The Kier molecular flexibility index (Phi) is 5.09. The van der Waals surface area contributed by atoms with Crippen LogP contribution in [0.2, 0.25) is 0 Å². The molecule has 1 atom stereocenters. The Morgan fingerprint density at radius 2 is 1.71 bits per heavy atom. The van der Waals surface area contributed by atoms with E-state index in [1.54, 1.807) is 11.4 Å². The van der Waals surface area contributed by atoms with Crippen LogP contribution in [-0.4, -0.2) is 87.3 Å². The van der Waals surface area contributed by atoms with E-state index in [1.807, 2.05) is 9.80 Å². The molecule has 0 aromatic carbocycles. The zero-order valence-corrected chi connectivity index (χ0v) is 15.6. The molecule has 138 valence electrons. The van der Waals surface area contributed by atoms with E-state index in [0.29, 0.717) is 13.2 Å². The third-order valence-electron chi connectivity index (χ3n) is 5.82. The van der Waals surface area contributed by atoms with Crippen molar-refractivity contribution in [2.24, 2.45) is 5.41 Å². The van der Waals surface area contributed by atoms with Gasteiger partial charge in [-0.3, -0.25) is 0 Å². The van der Waals surface area contributed by atoms with Crippen LogP contribution in [0.3, 0.4) is 0 Å². The van der Waals surface area contributed by atoms with Crippen LogP contribution >= 0.6 is 0 Å². The molecule has 3 heterocycles. The monoisotopic (exact) mass is 359 g/mol. The quantitative estimate of drug-likeness (QED) is 0.753. The van der Waals surface area contributed by atoms with E-state index < -0.39 is 10.0 Å². The third-order valence-corrected chi connectivity index (χ3v) is 7.10. The van der Waals surface area contributed by atoms with Crippen molar-refractivity contribution in [2.45, 2.75) is 38.1 Å². The average molecular weight is 359 g/mol. The van der Waals surface area contributed by atoms with Gasteiger partial charge in [-0.1, -0.05) is 0 Å². The Labute approximate surface area is 145 Å². The fraction of sp³-hybridized carbons (Fsp3) is 0.938. The number of amides is 2. The number of nitrogens with zero attached hydrogens (tertiary/aromatic N) is 3. The Morgan fingerprint density at radius 3 is 2.25 bits per heavy atom. The number of hydrogen-bond donors (Lipinski definition) is 0. The number of rotatable bonds is 3. The number of carbonyl (C=O) groups excluding carboxylic acids is 1. The standard InChI is InChI=1S/C16H29N3O4S/c1-23-12-14-11-16(13-19(14)24(2,21)22)5-9-18(10-6-16)15(20)17-7-3-4-8-17/h14H,3-13H2,1-2H3/t14-/m0/s1. The highest BCUT2D eigenvalue weighted by Crippen LogP contribution is 2.44. The van der Waals surface area contributed by atoms with E-state index in [1.165, 1.54) is 6.26 Å². The molecule has 3 aliphatic rings. The molecule has 0 aromatic rings. The Bertz CT molecular complexity index is 566. The molecule has 3 saturated heterocycles. The first-order chi connectivity index (χ1) is 11.3. The molecule has 3 aliphatic heterocycles. The number of piperidine rings is 1. The maximum Gasteiger partial charge on any atom is 0.319 e. The second-order valence-electron chi connectivity index (χ2n) is 7.59. The highest BCUT2D eigenvalue weighted by Gasteiger charge is 2.49. The summed E-state index contributed by atoms with van der Waals surface area (Å²) in [5.41, 5.74) is -0.00589. The lowest BCUT2D eigenvalue weighted by Gasteiger charge is -2.40. The van der Waals surface area contributed by atoms with Crippen LogP contribution in [0.25, 0.3) is 0 Å². The van der Waals surface area contributed by atoms with Gasteiger partial charge in [0, 0.05) is 45.9 Å². The summed E-state index contributed by atoms with van der Waals surface area (Å²) in [5.74, 6) is 0. The fourth-order valence-electron chi connectivity index (χ4n) is 4.49. The van der Waals surface area contributed by atoms with Gasteiger partial charge in [0.15, 0.2) is 0 Å². The van der Waals surface area contributed by atoms with Crippen molar-refractivity contribution in [3.63, 3.8) is 0 Å². The van der Waals surface area contributed by atoms with E-state index in [-0.39, 0.29) is 17.5 Å².